The van der Waals surface area contributed by atoms with Gasteiger partial charge in [0.2, 0.25) is 0 Å². The van der Waals surface area contributed by atoms with Gasteiger partial charge in [-0.1, -0.05) is 13.8 Å². The molecule has 0 radical (unpaired) electrons. The van der Waals surface area contributed by atoms with Crippen molar-refractivity contribution < 1.29 is 13.5 Å². The number of ether oxygens (including phenoxy) is 1. The van der Waals surface area contributed by atoms with Crippen LogP contribution in [0.5, 0.6) is 0 Å². The zero-order valence-electron chi connectivity index (χ0n) is 11.4. The van der Waals surface area contributed by atoms with E-state index in [9.17, 15) is 8.78 Å². The number of halogens is 2. The van der Waals surface area contributed by atoms with Crippen LogP contribution in [-0.4, -0.2) is 32.3 Å². The SMILES string of the molecule is CC(C)NCc1c(F)cc(N2CCOCC2)cc1F. The molecule has 1 saturated heterocycles. The maximum atomic E-state index is 14.0. The van der Waals surface area contributed by atoms with Crippen LogP contribution in [0.1, 0.15) is 19.4 Å². The molecule has 0 aromatic heterocycles. The van der Waals surface area contributed by atoms with Crippen LogP contribution in [0.3, 0.4) is 0 Å². The molecule has 0 spiro atoms. The van der Waals surface area contributed by atoms with Crippen molar-refractivity contribution in [1.29, 1.82) is 0 Å². The van der Waals surface area contributed by atoms with Gasteiger partial charge < -0.3 is 15.0 Å². The third-order valence-electron chi connectivity index (χ3n) is 3.19. The van der Waals surface area contributed by atoms with Crippen molar-refractivity contribution in [3.8, 4) is 0 Å². The Hall–Kier alpha value is -1.20. The Morgan fingerprint density at radius 2 is 1.79 bits per heavy atom. The minimum absolute atomic E-state index is 0.103. The number of benzene rings is 1. The van der Waals surface area contributed by atoms with Gasteiger partial charge in [0.05, 0.1) is 13.2 Å². The Morgan fingerprint density at radius 1 is 1.21 bits per heavy atom. The van der Waals surface area contributed by atoms with E-state index in [0.717, 1.165) is 0 Å². The van der Waals surface area contributed by atoms with E-state index >= 15 is 0 Å². The highest BCUT2D eigenvalue weighted by molar-refractivity contribution is 5.49. The first kappa shape index (κ1) is 14.2. The lowest BCUT2D eigenvalue weighted by atomic mass is 10.1. The van der Waals surface area contributed by atoms with Gasteiger partial charge in [-0.15, -0.1) is 0 Å². The van der Waals surface area contributed by atoms with Crippen LogP contribution in [0.4, 0.5) is 14.5 Å². The second kappa shape index (κ2) is 6.30. The molecular formula is C14H20F2N2O. The highest BCUT2D eigenvalue weighted by atomic mass is 19.1. The molecule has 1 aromatic carbocycles. The van der Waals surface area contributed by atoms with Gasteiger partial charge in [0.15, 0.2) is 0 Å². The maximum Gasteiger partial charge on any atom is 0.132 e. The van der Waals surface area contributed by atoms with Crippen molar-refractivity contribution in [2.24, 2.45) is 0 Å². The first-order valence-corrected chi connectivity index (χ1v) is 6.62. The smallest absolute Gasteiger partial charge is 0.132 e. The fraction of sp³-hybridized carbons (Fsp3) is 0.571. The quantitative estimate of drug-likeness (QED) is 0.908. The Kier molecular flexibility index (Phi) is 4.71. The molecule has 1 aromatic rings. The molecule has 0 atom stereocenters. The van der Waals surface area contributed by atoms with Crippen LogP contribution in [0.15, 0.2) is 12.1 Å². The highest BCUT2D eigenvalue weighted by Crippen LogP contribution is 2.23. The Labute approximate surface area is 112 Å². The summed E-state index contributed by atoms with van der Waals surface area (Å²) in [5.74, 6) is -0.982. The molecule has 19 heavy (non-hydrogen) atoms. The third-order valence-corrected chi connectivity index (χ3v) is 3.19. The molecule has 0 amide bonds. The average molecular weight is 270 g/mol. The predicted octanol–water partition coefficient (Wildman–Crippen LogP) is 2.30. The van der Waals surface area contributed by atoms with E-state index in [1.165, 1.54) is 12.1 Å². The lowest BCUT2D eigenvalue weighted by Gasteiger charge is -2.29. The van der Waals surface area contributed by atoms with E-state index in [4.69, 9.17) is 4.74 Å². The number of rotatable bonds is 4. The number of hydrogen-bond donors (Lipinski definition) is 1. The van der Waals surface area contributed by atoms with Crippen LogP contribution in [0, 0.1) is 11.6 Å². The van der Waals surface area contributed by atoms with Gasteiger partial charge in [0.1, 0.15) is 11.6 Å². The van der Waals surface area contributed by atoms with Crippen LogP contribution >= 0.6 is 0 Å². The molecule has 5 heteroatoms. The minimum Gasteiger partial charge on any atom is -0.378 e. The summed E-state index contributed by atoms with van der Waals surface area (Å²) < 4.78 is 33.2. The van der Waals surface area contributed by atoms with Crippen LogP contribution < -0.4 is 10.2 Å². The minimum atomic E-state index is -0.491. The van der Waals surface area contributed by atoms with Crippen molar-refractivity contribution in [3.05, 3.63) is 29.3 Å². The van der Waals surface area contributed by atoms with E-state index in [2.05, 4.69) is 5.32 Å². The number of morpholine rings is 1. The summed E-state index contributed by atoms with van der Waals surface area (Å²) in [6, 6.07) is 3.01. The molecule has 0 aliphatic carbocycles. The van der Waals surface area contributed by atoms with E-state index < -0.39 is 11.6 Å². The predicted molar refractivity (Wildman–Crippen MR) is 71.4 cm³/mol. The second-order valence-electron chi connectivity index (χ2n) is 5.02. The van der Waals surface area contributed by atoms with Crippen molar-refractivity contribution in [3.63, 3.8) is 0 Å². The van der Waals surface area contributed by atoms with E-state index in [1.54, 1.807) is 0 Å². The molecular weight excluding hydrogens is 250 g/mol. The fourth-order valence-corrected chi connectivity index (χ4v) is 2.07. The fourth-order valence-electron chi connectivity index (χ4n) is 2.07. The summed E-state index contributed by atoms with van der Waals surface area (Å²) in [6.07, 6.45) is 0. The maximum absolute atomic E-state index is 14.0. The molecule has 1 heterocycles. The van der Waals surface area contributed by atoms with Gasteiger partial charge in [0.25, 0.3) is 0 Å². The summed E-state index contributed by atoms with van der Waals surface area (Å²) in [4.78, 5) is 1.94. The molecule has 0 saturated carbocycles. The van der Waals surface area contributed by atoms with Gasteiger partial charge in [-0.2, -0.15) is 0 Å². The Morgan fingerprint density at radius 3 is 2.32 bits per heavy atom. The standard InChI is InChI=1S/C14H20F2N2O/c1-10(2)17-9-12-13(15)7-11(8-14(12)16)18-3-5-19-6-4-18/h7-8,10,17H,3-6,9H2,1-2H3. The zero-order valence-corrected chi connectivity index (χ0v) is 11.4. The third kappa shape index (κ3) is 3.64. The zero-order chi connectivity index (χ0) is 13.8. The normalized spacial score (nSPS) is 16.2. The largest absolute Gasteiger partial charge is 0.378 e. The highest BCUT2D eigenvalue weighted by Gasteiger charge is 2.16. The van der Waals surface area contributed by atoms with Gasteiger partial charge in [-0.3, -0.25) is 0 Å². The summed E-state index contributed by atoms with van der Waals surface area (Å²) in [7, 11) is 0. The topological polar surface area (TPSA) is 24.5 Å². The van der Waals surface area contributed by atoms with E-state index in [1.807, 2.05) is 18.7 Å². The average Bonchev–Trinajstić information content (AvgIpc) is 2.38. The van der Waals surface area contributed by atoms with Gasteiger partial charge in [-0.05, 0) is 12.1 Å². The Bertz CT molecular complexity index is 408. The molecule has 1 aliphatic rings. The summed E-state index contributed by atoms with van der Waals surface area (Å²) in [5.41, 5.74) is 0.692. The lowest BCUT2D eigenvalue weighted by molar-refractivity contribution is 0.122. The molecule has 3 nitrogen and oxygen atoms in total. The number of anilines is 1. The molecule has 0 bridgehead atoms. The van der Waals surface area contributed by atoms with Crippen molar-refractivity contribution >= 4 is 5.69 Å². The molecule has 1 N–H and O–H groups in total. The summed E-state index contributed by atoms with van der Waals surface area (Å²) in [6.45, 7) is 6.62. The van der Waals surface area contributed by atoms with E-state index in [0.29, 0.717) is 32.0 Å². The van der Waals surface area contributed by atoms with Gasteiger partial charge in [-0.25, -0.2) is 8.78 Å². The Balaban J connectivity index is 2.15. The molecule has 1 aliphatic heterocycles. The molecule has 106 valence electrons. The molecule has 0 unspecified atom stereocenters. The van der Waals surface area contributed by atoms with Crippen molar-refractivity contribution in [2.45, 2.75) is 26.4 Å². The summed E-state index contributed by atoms with van der Waals surface area (Å²) >= 11 is 0. The second-order valence-corrected chi connectivity index (χ2v) is 5.02. The lowest BCUT2D eigenvalue weighted by Crippen LogP contribution is -2.36. The number of nitrogens with zero attached hydrogens (tertiary/aromatic N) is 1. The monoisotopic (exact) mass is 270 g/mol. The molecule has 1 fully saturated rings. The van der Waals surface area contributed by atoms with E-state index in [-0.39, 0.29) is 18.2 Å². The number of nitrogens with one attached hydrogen (secondary N) is 1. The summed E-state index contributed by atoms with van der Waals surface area (Å²) in [5, 5.41) is 3.03. The first-order valence-electron chi connectivity index (χ1n) is 6.62. The van der Waals surface area contributed by atoms with Crippen LogP contribution in [-0.2, 0) is 11.3 Å². The van der Waals surface area contributed by atoms with Gasteiger partial charge >= 0.3 is 0 Å². The van der Waals surface area contributed by atoms with Crippen molar-refractivity contribution in [1.82, 2.24) is 5.32 Å². The molecule has 2 rings (SSSR count). The van der Waals surface area contributed by atoms with Crippen LogP contribution in [0.2, 0.25) is 0 Å². The van der Waals surface area contributed by atoms with Crippen LogP contribution in [0.25, 0.3) is 0 Å². The van der Waals surface area contributed by atoms with Gasteiger partial charge in [0, 0.05) is 36.9 Å². The van der Waals surface area contributed by atoms with Crippen molar-refractivity contribution in [2.75, 3.05) is 31.2 Å². The number of hydrogen-bond acceptors (Lipinski definition) is 3. The first-order chi connectivity index (χ1) is 9.08.